The monoisotopic (exact) mass is 535 g/mol. The molecule has 0 aliphatic rings. The molecular weight excluding hydrogens is 491 g/mol. The fourth-order valence-electron chi connectivity index (χ4n) is 2.59. The van der Waals surface area contributed by atoms with E-state index in [2.05, 4.69) is 83.5 Å². The molecule has 0 unspecified atom stereocenters. The number of aromatic nitrogens is 3. The Kier molecular flexibility index (Phi) is 15.3. The summed E-state index contributed by atoms with van der Waals surface area (Å²) in [6, 6.07) is 0. The van der Waals surface area contributed by atoms with Crippen molar-refractivity contribution in [3.8, 4) is 0 Å². The van der Waals surface area contributed by atoms with E-state index >= 15 is 0 Å². The fraction of sp³-hybridized carbons (Fsp3) is 0.654. The summed E-state index contributed by atoms with van der Waals surface area (Å²) in [5.74, 6) is 2.49. The van der Waals surface area contributed by atoms with Crippen molar-refractivity contribution in [3.05, 3.63) is 54.5 Å². The van der Waals surface area contributed by atoms with Gasteiger partial charge in [-0.1, -0.05) is 82.9 Å². The third-order valence-electron chi connectivity index (χ3n) is 3.66. The molecule has 3 heterocycles. The van der Waals surface area contributed by atoms with E-state index in [9.17, 15) is 0 Å². The van der Waals surface area contributed by atoms with Crippen LogP contribution in [-0.2, 0) is 52.0 Å². The predicted molar refractivity (Wildman–Crippen MR) is 129 cm³/mol. The largest absolute Gasteiger partial charge is 0.630 e. The minimum atomic E-state index is 0. The van der Waals surface area contributed by atoms with Gasteiger partial charge in [0.1, 0.15) is 12.0 Å². The van der Waals surface area contributed by atoms with Crippen LogP contribution in [0.3, 0.4) is 0 Å². The molecule has 0 aliphatic heterocycles. The summed E-state index contributed by atoms with van der Waals surface area (Å²) in [5, 5.41) is 0. The molecule has 0 spiro atoms. The molecule has 0 aliphatic carbocycles. The summed E-state index contributed by atoms with van der Waals surface area (Å²) >= 11 is 0. The maximum absolute atomic E-state index is 5.10. The van der Waals surface area contributed by atoms with E-state index in [0.717, 1.165) is 36.6 Å². The molecule has 0 bridgehead atoms. The van der Waals surface area contributed by atoms with E-state index < -0.39 is 0 Å². The van der Waals surface area contributed by atoms with Crippen LogP contribution in [0, 0.1) is 29.4 Å². The molecule has 6 nitrogen and oxygen atoms in total. The first kappa shape index (κ1) is 33.9. The zero-order valence-electron chi connectivity index (χ0n) is 21.6. The van der Waals surface area contributed by atoms with Gasteiger partial charge in [-0.05, 0) is 28.4 Å². The number of aryl methyl sites for hydroxylation is 1. The van der Waals surface area contributed by atoms with Crippen LogP contribution in [0.15, 0.2) is 38.3 Å². The van der Waals surface area contributed by atoms with Crippen LogP contribution in [0.4, 0.5) is 0 Å². The Hall–Kier alpha value is -1.27. The summed E-state index contributed by atoms with van der Waals surface area (Å²) in [4.78, 5) is 12.0. The number of rotatable bonds is 3. The van der Waals surface area contributed by atoms with Crippen molar-refractivity contribution >= 4 is 0 Å². The van der Waals surface area contributed by atoms with Gasteiger partial charge in [-0.2, -0.15) is 0 Å². The van der Waals surface area contributed by atoms with Gasteiger partial charge in [-0.15, -0.1) is 0 Å². The van der Waals surface area contributed by atoms with Gasteiger partial charge in [-0.3, -0.25) is 0 Å². The Bertz CT molecular complexity index is 789. The maximum atomic E-state index is 5.10. The van der Waals surface area contributed by atoms with Gasteiger partial charge in [-0.25, -0.2) is 9.97 Å². The molecular formula is C26H44N3O3Y-. The topological polar surface area (TPSA) is 78.1 Å². The average Bonchev–Trinajstić information content (AvgIpc) is 3.29. The van der Waals surface area contributed by atoms with E-state index in [1.165, 1.54) is 6.39 Å². The molecule has 0 saturated heterocycles. The van der Waals surface area contributed by atoms with Crippen molar-refractivity contribution in [2.45, 2.75) is 95.9 Å². The second-order valence-corrected chi connectivity index (χ2v) is 11.4. The van der Waals surface area contributed by atoms with Crippen molar-refractivity contribution in [2.24, 2.45) is 16.2 Å². The Balaban J connectivity index is 0. The van der Waals surface area contributed by atoms with Crippen molar-refractivity contribution in [1.29, 1.82) is 0 Å². The number of oxazole rings is 3. The average molecular weight is 536 g/mol. The number of hydrogen-bond acceptors (Lipinski definition) is 6. The molecule has 1 radical (unpaired) electrons. The Morgan fingerprint density at radius 2 is 1.42 bits per heavy atom. The molecule has 0 amide bonds. The first-order chi connectivity index (χ1) is 14.1. The molecule has 0 atom stereocenters. The predicted octanol–water partition coefficient (Wildman–Crippen LogP) is 7.53. The zero-order valence-corrected chi connectivity index (χ0v) is 24.4. The molecule has 3 rings (SSSR count). The van der Waals surface area contributed by atoms with Crippen molar-refractivity contribution in [1.82, 2.24) is 15.0 Å². The molecule has 0 aromatic carbocycles. The van der Waals surface area contributed by atoms with Gasteiger partial charge in [0.05, 0.1) is 12.4 Å². The maximum Gasteiger partial charge on any atom is 0.194 e. The fourth-order valence-corrected chi connectivity index (χ4v) is 2.59. The van der Waals surface area contributed by atoms with Crippen LogP contribution >= 0.6 is 0 Å². The van der Waals surface area contributed by atoms with Crippen LogP contribution in [-0.4, -0.2) is 15.0 Å². The van der Waals surface area contributed by atoms with Crippen molar-refractivity contribution in [2.75, 3.05) is 0 Å². The van der Waals surface area contributed by atoms with Crippen molar-refractivity contribution < 1.29 is 46.0 Å². The van der Waals surface area contributed by atoms with E-state index in [1.54, 1.807) is 18.7 Å². The minimum absolute atomic E-state index is 0. The summed E-state index contributed by atoms with van der Waals surface area (Å²) < 4.78 is 15.2. The van der Waals surface area contributed by atoms with Crippen LogP contribution in [0.1, 0.15) is 93.0 Å². The molecule has 185 valence electrons. The van der Waals surface area contributed by atoms with Gasteiger partial charge in [0.15, 0.2) is 12.3 Å². The van der Waals surface area contributed by atoms with E-state index in [4.69, 9.17) is 13.3 Å². The van der Waals surface area contributed by atoms with E-state index in [1.807, 2.05) is 6.92 Å². The minimum Gasteiger partial charge on any atom is -0.630 e. The molecule has 0 saturated carbocycles. The molecule has 7 heteroatoms. The quantitative estimate of drug-likeness (QED) is 0.323. The van der Waals surface area contributed by atoms with Crippen molar-refractivity contribution in [3.63, 3.8) is 0 Å². The Morgan fingerprint density at radius 3 is 1.79 bits per heavy atom. The summed E-state index contributed by atoms with van der Waals surface area (Å²) in [5.41, 5.74) is 1.75. The third-order valence-corrected chi connectivity index (χ3v) is 3.66. The van der Waals surface area contributed by atoms with Crippen LogP contribution in [0.25, 0.3) is 0 Å². The Labute approximate surface area is 226 Å². The normalized spacial score (nSPS) is 11.2. The molecule has 3 aromatic rings. The number of nitrogens with zero attached hydrogens (tertiary/aromatic N) is 3. The van der Waals surface area contributed by atoms with E-state index in [-0.39, 0.29) is 51.0 Å². The summed E-state index contributed by atoms with van der Waals surface area (Å²) in [7, 11) is 0. The van der Waals surface area contributed by atoms with Gasteiger partial charge in [0.2, 0.25) is 0 Å². The van der Waals surface area contributed by atoms with Gasteiger partial charge in [0, 0.05) is 51.4 Å². The van der Waals surface area contributed by atoms with Gasteiger partial charge < -0.3 is 18.2 Å². The molecule has 3 aromatic heterocycles. The zero-order chi connectivity index (χ0) is 23.7. The first-order valence-electron chi connectivity index (χ1n) is 10.7. The third kappa shape index (κ3) is 18.8. The standard InChI is InChI=1S/C9H14NO.2C8H13NO.CH4.Y/c1-7-10-8(6-11-7)5-9(2,3)4;1-8(2,3)4-7-5-9-6-10-7;1-8(2,3)6-7-9-4-5-10-7;;/h5H2,1-4H3;5-6H,4H2,1-3H3;4-5H,6H2,1-3H3;1H4;/q-1;;;;. The second kappa shape index (κ2) is 14.9. The molecule has 33 heavy (non-hydrogen) atoms. The summed E-state index contributed by atoms with van der Waals surface area (Å²) in [6.45, 7) is 21.4. The van der Waals surface area contributed by atoms with Crippen LogP contribution in [0.2, 0.25) is 0 Å². The van der Waals surface area contributed by atoms with E-state index in [0.29, 0.717) is 11.3 Å². The second-order valence-electron chi connectivity index (χ2n) is 11.4. The molecule has 0 fully saturated rings. The summed E-state index contributed by atoms with van der Waals surface area (Å²) in [6.07, 6.45) is 12.1. The number of hydrogen-bond donors (Lipinski definition) is 0. The molecule has 0 N–H and O–H groups in total. The Morgan fingerprint density at radius 1 is 0.848 bits per heavy atom. The smallest absolute Gasteiger partial charge is 0.194 e. The SMILES string of the molecule is C.CC(C)(C)Cc1cnco1.CC(C)(C)Cc1ncco1.Cc1nc(CC(C)(C)C)[c-]o1.[Y]. The van der Waals surface area contributed by atoms with Gasteiger partial charge >= 0.3 is 0 Å². The van der Waals surface area contributed by atoms with Crippen LogP contribution < -0.4 is 0 Å². The van der Waals surface area contributed by atoms with Crippen LogP contribution in [0.5, 0.6) is 0 Å². The van der Waals surface area contributed by atoms with Gasteiger partial charge in [0.25, 0.3) is 0 Å². The first-order valence-corrected chi connectivity index (χ1v) is 10.7.